The molecule has 0 spiro atoms. The molecule has 0 amide bonds. The Morgan fingerprint density at radius 3 is 2.76 bits per heavy atom. The van der Waals surface area contributed by atoms with E-state index in [1.54, 1.807) is 24.0 Å². The maximum Gasteiger partial charge on any atom is 0.122 e. The fourth-order valence-corrected chi connectivity index (χ4v) is 2.53. The largest absolute Gasteiger partial charge is 0.382 e. The maximum absolute atomic E-state index is 10.4. The lowest BCUT2D eigenvalue weighted by atomic mass is 10.0. The number of aromatic nitrogens is 2. The van der Waals surface area contributed by atoms with Gasteiger partial charge < -0.3 is 5.11 Å². The van der Waals surface area contributed by atoms with Gasteiger partial charge in [0, 0.05) is 12.1 Å². The van der Waals surface area contributed by atoms with Crippen LogP contribution in [0.25, 0.3) is 0 Å². The first-order chi connectivity index (χ1) is 8.00. The first-order valence-electron chi connectivity index (χ1n) is 5.12. The quantitative estimate of drug-likeness (QED) is 0.924. The van der Waals surface area contributed by atoms with Gasteiger partial charge in [-0.3, -0.25) is 4.68 Å². The zero-order chi connectivity index (χ0) is 12.6. The Hall–Kier alpha value is -0.840. The van der Waals surface area contributed by atoms with E-state index in [1.165, 1.54) is 0 Å². The van der Waals surface area contributed by atoms with E-state index in [0.717, 1.165) is 21.3 Å². The number of halogens is 2. The van der Waals surface area contributed by atoms with Crippen molar-refractivity contribution in [1.82, 2.24) is 9.78 Å². The molecule has 1 aromatic carbocycles. The van der Waals surface area contributed by atoms with Crippen molar-refractivity contribution in [2.75, 3.05) is 0 Å². The average molecular weight is 316 g/mol. The topological polar surface area (TPSA) is 38.1 Å². The fraction of sp³-hybridized carbons (Fsp3) is 0.250. The van der Waals surface area contributed by atoms with Crippen LogP contribution in [0.1, 0.15) is 22.9 Å². The number of aliphatic hydroxyl groups excluding tert-OH is 1. The molecule has 0 fully saturated rings. The van der Waals surface area contributed by atoms with E-state index in [9.17, 15) is 5.11 Å². The second kappa shape index (κ2) is 4.80. The standard InChI is InChI=1S/C12H12BrClN2O/c1-7-3-4-8(14)5-9(7)12(17)11-10(13)6-15-16(11)2/h3-6,12,17H,1-2H3. The number of rotatable bonds is 2. The highest BCUT2D eigenvalue weighted by Gasteiger charge is 2.19. The molecular weight excluding hydrogens is 304 g/mol. The summed E-state index contributed by atoms with van der Waals surface area (Å²) in [6.07, 6.45) is 0.925. The summed E-state index contributed by atoms with van der Waals surface area (Å²) in [4.78, 5) is 0. The normalized spacial score (nSPS) is 12.8. The molecule has 2 aromatic rings. The minimum Gasteiger partial charge on any atom is -0.382 e. The van der Waals surface area contributed by atoms with E-state index in [1.807, 2.05) is 19.1 Å². The Kier molecular flexibility index (Phi) is 3.56. The molecule has 0 aliphatic heterocycles. The van der Waals surface area contributed by atoms with Gasteiger partial charge in [0.15, 0.2) is 0 Å². The third kappa shape index (κ3) is 2.39. The molecule has 0 saturated heterocycles. The van der Waals surface area contributed by atoms with Crippen LogP contribution in [-0.2, 0) is 7.05 Å². The molecule has 0 saturated carbocycles. The number of benzene rings is 1. The van der Waals surface area contributed by atoms with Gasteiger partial charge in [-0.1, -0.05) is 17.7 Å². The van der Waals surface area contributed by atoms with Gasteiger partial charge in [0.05, 0.1) is 16.4 Å². The molecule has 1 atom stereocenters. The van der Waals surface area contributed by atoms with Gasteiger partial charge in [-0.05, 0) is 46.1 Å². The zero-order valence-electron chi connectivity index (χ0n) is 9.48. The van der Waals surface area contributed by atoms with Crippen LogP contribution >= 0.6 is 27.5 Å². The van der Waals surface area contributed by atoms with Crippen LogP contribution in [0.4, 0.5) is 0 Å². The highest BCUT2D eigenvalue weighted by Crippen LogP contribution is 2.31. The van der Waals surface area contributed by atoms with Gasteiger partial charge >= 0.3 is 0 Å². The van der Waals surface area contributed by atoms with Crippen LogP contribution in [0.2, 0.25) is 5.02 Å². The van der Waals surface area contributed by atoms with E-state index < -0.39 is 6.10 Å². The zero-order valence-corrected chi connectivity index (χ0v) is 11.8. The number of hydrogen-bond donors (Lipinski definition) is 1. The lowest BCUT2D eigenvalue weighted by molar-refractivity contribution is 0.208. The predicted octanol–water partition coefficient (Wildman–Crippen LogP) is 3.23. The maximum atomic E-state index is 10.4. The second-order valence-corrected chi connectivity index (χ2v) is 5.20. The molecule has 0 bridgehead atoms. The van der Waals surface area contributed by atoms with E-state index in [0.29, 0.717) is 5.02 Å². The molecule has 3 nitrogen and oxygen atoms in total. The van der Waals surface area contributed by atoms with Gasteiger partial charge in [-0.25, -0.2) is 0 Å². The van der Waals surface area contributed by atoms with Crippen LogP contribution < -0.4 is 0 Å². The van der Waals surface area contributed by atoms with Crippen LogP contribution in [0.5, 0.6) is 0 Å². The number of nitrogens with zero attached hydrogens (tertiary/aromatic N) is 2. The third-order valence-electron chi connectivity index (χ3n) is 2.73. The summed E-state index contributed by atoms with van der Waals surface area (Å²) in [5.41, 5.74) is 2.51. The van der Waals surface area contributed by atoms with Crippen molar-refractivity contribution in [2.24, 2.45) is 7.05 Å². The van der Waals surface area contributed by atoms with Crippen molar-refractivity contribution in [1.29, 1.82) is 0 Å². The molecule has 5 heteroatoms. The number of aryl methyl sites for hydroxylation is 2. The first-order valence-corrected chi connectivity index (χ1v) is 6.29. The van der Waals surface area contributed by atoms with Gasteiger partial charge in [-0.15, -0.1) is 0 Å². The van der Waals surface area contributed by atoms with Crippen LogP contribution in [0.3, 0.4) is 0 Å². The van der Waals surface area contributed by atoms with E-state index in [-0.39, 0.29) is 0 Å². The molecule has 0 radical (unpaired) electrons. The minimum atomic E-state index is -0.740. The van der Waals surface area contributed by atoms with Crippen LogP contribution in [-0.4, -0.2) is 14.9 Å². The summed E-state index contributed by atoms with van der Waals surface area (Å²) < 4.78 is 2.43. The molecule has 0 aliphatic rings. The van der Waals surface area contributed by atoms with E-state index in [2.05, 4.69) is 21.0 Å². The Morgan fingerprint density at radius 1 is 1.47 bits per heavy atom. The van der Waals surface area contributed by atoms with Crippen molar-refractivity contribution < 1.29 is 5.11 Å². The smallest absolute Gasteiger partial charge is 0.122 e. The Balaban J connectivity index is 2.50. The molecule has 0 aliphatic carbocycles. The van der Waals surface area contributed by atoms with E-state index in [4.69, 9.17) is 11.6 Å². The Morgan fingerprint density at radius 2 is 2.18 bits per heavy atom. The van der Waals surface area contributed by atoms with Crippen molar-refractivity contribution in [3.63, 3.8) is 0 Å². The molecule has 90 valence electrons. The van der Waals surface area contributed by atoms with Crippen LogP contribution in [0, 0.1) is 6.92 Å². The van der Waals surface area contributed by atoms with Gasteiger partial charge in [0.2, 0.25) is 0 Å². The molecule has 1 N–H and O–H groups in total. The molecule has 1 heterocycles. The van der Waals surface area contributed by atoms with Crippen molar-refractivity contribution >= 4 is 27.5 Å². The first kappa shape index (κ1) is 12.6. The van der Waals surface area contributed by atoms with Crippen LogP contribution in [0.15, 0.2) is 28.9 Å². The van der Waals surface area contributed by atoms with Gasteiger partial charge in [0.1, 0.15) is 6.10 Å². The predicted molar refractivity (Wildman–Crippen MR) is 71.2 cm³/mol. The third-order valence-corrected chi connectivity index (χ3v) is 3.58. The highest BCUT2D eigenvalue weighted by atomic mass is 79.9. The lowest BCUT2D eigenvalue weighted by Gasteiger charge is -2.15. The summed E-state index contributed by atoms with van der Waals surface area (Å²) in [5.74, 6) is 0. The molecular formula is C12H12BrClN2O. The lowest BCUT2D eigenvalue weighted by Crippen LogP contribution is -2.08. The molecule has 1 aromatic heterocycles. The monoisotopic (exact) mass is 314 g/mol. The Labute approximate surface area is 113 Å². The van der Waals surface area contributed by atoms with E-state index >= 15 is 0 Å². The number of aliphatic hydroxyl groups is 1. The molecule has 1 unspecified atom stereocenters. The summed E-state index contributed by atoms with van der Waals surface area (Å²) >= 11 is 9.34. The molecule has 2 rings (SSSR count). The highest BCUT2D eigenvalue weighted by molar-refractivity contribution is 9.10. The van der Waals surface area contributed by atoms with Gasteiger partial charge in [-0.2, -0.15) is 5.10 Å². The fourth-order valence-electron chi connectivity index (χ4n) is 1.78. The summed E-state index contributed by atoms with van der Waals surface area (Å²) in [5, 5.41) is 15.1. The average Bonchev–Trinajstić information content (AvgIpc) is 2.61. The summed E-state index contributed by atoms with van der Waals surface area (Å²) in [6.45, 7) is 1.94. The minimum absolute atomic E-state index is 0.614. The van der Waals surface area contributed by atoms with Gasteiger partial charge in [0.25, 0.3) is 0 Å². The second-order valence-electron chi connectivity index (χ2n) is 3.90. The SMILES string of the molecule is Cc1ccc(Cl)cc1C(O)c1c(Br)cnn1C. The summed E-state index contributed by atoms with van der Waals surface area (Å²) in [6, 6.07) is 5.48. The molecule has 17 heavy (non-hydrogen) atoms. The number of hydrogen-bond acceptors (Lipinski definition) is 2. The van der Waals surface area contributed by atoms with Crippen molar-refractivity contribution in [3.05, 3.63) is 50.7 Å². The Bertz CT molecular complexity index is 534. The van der Waals surface area contributed by atoms with Crippen molar-refractivity contribution in [3.8, 4) is 0 Å². The van der Waals surface area contributed by atoms with Crippen molar-refractivity contribution in [2.45, 2.75) is 13.0 Å². The summed E-state index contributed by atoms with van der Waals surface area (Å²) in [7, 11) is 1.79.